The molecule has 148 valence electrons. The number of guanidine groups is 1. The van der Waals surface area contributed by atoms with Crippen LogP contribution in [0.2, 0.25) is 0 Å². The number of benzene rings is 3. The lowest BCUT2D eigenvalue weighted by Gasteiger charge is -2.28. The number of likely N-dealkylation sites (N-methyl/N-ethyl adjacent to an activating group) is 1. The molecule has 0 aliphatic carbocycles. The first kappa shape index (κ1) is 20.6. The molecule has 3 aromatic carbocycles. The van der Waals surface area contributed by atoms with E-state index >= 15 is 0 Å². The molecule has 0 saturated heterocycles. The fourth-order valence-electron chi connectivity index (χ4n) is 3.33. The Balaban J connectivity index is 2.05. The zero-order valence-corrected chi connectivity index (χ0v) is 17.3. The molecule has 0 aliphatic rings. The van der Waals surface area contributed by atoms with Gasteiger partial charge in [-0.15, -0.1) is 0 Å². The third-order valence-corrected chi connectivity index (χ3v) is 9.07. The van der Waals surface area contributed by atoms with Crippen molar-refractivity contribution in [3.8, 4) is 0 Å². The Morgan fingerprint density at radius 1 is 0.862 bits per heavy atom. The molecular weight excluding hydrogens is 379 g/mol. The van der Waals surface area contributed by atoms with Gasteiger partial charge in [0.1, 0.15) is 29.5 Å². The Hall–Kier alpha value is -3.17. The van der Waals surface area contributed by atoms with Gasteiger partial charge in [-0.25, -0.2) is 0 Å². The highest BCUT2D eigenvalue weighted by Gasteiger charge is 2.45. The largest absolute Gasteiger partial charge is 0.370 e. The SMILES string of the molecule is CN(CC(=O)NC[P+](c1ccccc1)(c1ccccc1)c1ccccc1)C(=N)N. The second kappa shape index (κ2) is 9.35. The molecular formula is C23H26N4OP+. The first-order chi connectivity index (χ1) is 14.0. The molecule has 0 saturated carbocycles. The number of hydrogen-bond acceptors (Lipinski definition) is 2. The number of nitrogens with zero attached hydrogens (tertiary/aromatic N) is 1. The van der Waals surface area contributed by atoms with Crippen LogP contribution in [0, 0.1) is 5.41 Å². The summed E-state index contributed by atoms with van der Waals surface area (Å²) in [6.07, 6.45) is 0.496. The lowest BCUT2D eigenvalue weighted by molar-refractivity contribution is -0.120. The van der Waals surface area contributed by atoms with Crippen LogP contribution in [0.3, 0.4) is 0 Å². The highest BCUT2D eigenvalue weighted by molar-refractivity contribution is 7.95. The molecule has 0 unspecified atom stereocenters. The van der Waals surface area contributed by atoms with Crippen LogP contribution in [0.15, 0.2) is 91.0 Å². The van der Waals surface area contributed by atoms with E-state index in [1.165, 1.54) is 20.8 Å². The van der Waals surface area contributed by atoms with Crippen molar-refractivity contribution in [2.24, 2.45) is 5.73 Å². The van der Waals surface area contributed by atoms with Crippen molar-refractivity contribution >= 4 is 35.0 Å². The lowest BCUT2D eigenvalue weighted by atomic mass is 10.4. The van der Waals surface area contributed by atoms with Gasteiger partial charge in [-0.3, -0.25) is 10.2 Å². The third-order valence-electron chi connectivity index (χ3n) is 4.90. The van der Waals surface area contributed by atoms with E-state index in [-0.39, 0.29) is 18.4 Å². The molecule has 3 aromatic rings. The van der Waals surface area contributed by atoms with E-state index in [1.54, 1.807) is 7.05 Å². The van der Waals surface area contributed by atoms with Gasteiger partial charge < -0.3 is 16.0 Å². The molecule has 5 nitrogen and oxygen atoms in total. The molecule has 0 aromatic heterocycles. The van der Waals surface area contributed by atoms with Gasteiger partial charge in [-0.2, -0.15) is 0 Å². The van der Waals surface area contributed by atoms with Gasteiger partial charge in [0.05, 0.1) is 6.54 Å². The predicted molar refractivity (Wildman–Crippen MR) is 123 cm³/mol. The zero-order valence-electron chi connectivity index (χ0n) is 16.5. The van der Waals surface area contributed by atoms with Crippen molar-refractivity contribution in [2.75, 3.05) is 19.9 Å². The summed E-state index contributed by atoms with van der Waals surface area (Å²) in [5.41, 5.74) is 5.48. The summed E-state index contributed by atoms with van der Waals surface area (Å²) in [7, 11) is -0.475. The zero-order chi connectivity index (χ0) is 20.7. The van der Waals surface area contributed by atoms with Crippen molar-refractivity contribution in [2.45, 2.75) is 0 Å². The van der Waals surface area contributed by atoms with E-state index in [0.717, 1.165) is 0 Å². The maximum atomic E-state index is 12.6. The van der Waals surface area contributed by atoms with Crippen molar-refractivity contribution in [1.29, 1.82) is 5.41 Å². The minimum absolute atomic E-state index is 0.0493. The normalized spacial score (nSPS) is 10.9. The molecule has 0 spiro atoms. The fraction of sp³-hybridized carbons (Fsp3) is 0.130. The average molecular weight is 405 g/mol. The Morgan fingerprint density at radius 3 is 1.59 bits per heavy atom. The summed E-state index contributed by atoms with van der Waals surface area (Å²) in [5, 5.41) is 14.2. The van der Waals surface area contributed by atoms with Crippen LogP contribution in [0.1, 0.15) is 0 Å². The predicted octanol–water partition coefficient (Wildman–Crippen LogP) is 1.88. The van der Waals surface area contributed by atoms with E-state index in [0.29, 0.717) is 6.29 Å². The number of carbonyl (C=O) groups excluding carboxylic acids is 1. The minimum atomic E-state index is -2.11. The molecule has 0 bridgehead atoms. The van der Waals surface area contributed by atoms with Crippen LogP contribution in [0.4, 0.5) is 0 Å². The van der Waals surface area contributed by atoms with Crippen LogP contribution in [0.5, 0.6) is 0 Å². The molecule has 0 atom stereocenters. The first-order valence-electron chi connectivity index (χ1n) is 9.41. The van der Waals surface area contributed by atoms with E-state index in [9.17, 15) is 4.79 Å². The number of nitrogens with two attached hydrogens (primary N) is 1. The van der Waals surface area contributed by atoms with E-state index in [1.807, 2.05) is 54.6 Å². The van der Waals surface area contributed by atoms with Crippen molar-refractivity contribution in [3.63, 3.8) is 0 Å². The summed E-state index contributed by atoms with van der Waals surface area (Å²) in [6, 6.07) is 31.1. The van der Waals surface area contributed by atoms with Gasteiger partial charge in [0.15, 0.2) is 5.96 Å². The van der Waals surface area contributed by atoms with Crippen molar-refractivity contribution in [1.82, 2.24) is 10.2 Å². The van der Waals surface area contributed by atoms with Crippen LogP contribution in [-0.4, -0.2) is 36.6 Å². The van der Waals surface area contributed by atoms with E-state index in [2.05, 4.69) is 41.7 Å². The van der Waals surface area contributed by atoms with Gasteiger partial charge >= 0.3 is 0 Å². The Labute approximate surface area is 172 Å². The molecule has 0 fully saturated rings. The summed E-state index contributed by atoms with van der Waals surface area (Å²) in [6.45, 7) is 0.0493. The average Bonchev–Trinajstić information content (AvgIpc) is 2.76. The van der Waals surface area contributed by atoms with Gasteiger partial charge in [0, 0.05) is 7.05 Å². The van der Waals surface area contributed by atoms with Gasteiger partial charge in [0.2, 0.25) is 5.91 Å². The summed E-state index contributed by atoms with van der Waals surface area (Å²) in [4.78, 5) is 14.0. The summed E-state index contributed by atoms with van der Waals surface area (Å²) < 4.78 is 0. The molecule has 0 aliphatic heterocycles. The minimum Gasteiger partial charge on any atom is -0.370 e. The highest BCUT2D eigenvalue weighted by atomic mass is 31.2. The number of nitrogens with one attached hydrogen (secondary N) is 2. The van der Waals surface area contributed by atoms with Crippen LogP contribution in [-0.2, 0) is 4.79 Å². The standard InChI is InChI=1S/C23H25N4OP/c1-27(23(24)25)17-22(28)26-18-29(19-11-5-2-6-12-19,20-13-7-3-8-14-20)21-15-9-4-10-16-21/h2-16H,17-18H2,1H3,(H3-,24,25,26,28)/p+1. The number of hydrogen-bond donors (Lipinski definition) is 3. The smallest absolute Gasteiger partial charge is 0.242 e. The van der Waals surface area contributed by atoms with E-state index in [4.69, 9.17) is 11.1 Å². The number of amides is 1. The monoisotopic (exact) mass is 405 g/mol. The lowest BCUT2D eigenvalue weighted by Crippen LogP contribution is -2.44. The molecule has 6 heteroatoms. The van der Waals surface area contributed by atoms with Crippen LogP contribution in [0.25, 0.3) is 0 Å². The Kier molecular flexibility index (Phi) is 6.63. The van der Waals surface area contributed by atoms with Gasteiger partial charge in [-0.05, 0) is 36.4 Å². The summed E-state index contributed by atoms with van der Waals surface area (Å²) in [5.74, 6) is -0.287. The molecule has 1 amide bonds. The van der Waals surface area contributed by atoms with Gasteiger partial charge in [0.25, 0.3) is 0 Å². The topological polar surface area (TPSA) is 82.2 Å². The molecule has 3 rings (SSSR count). The molecule has 0 radical (unpaired) electrons. The molecule has 29 heavy (non-hydrogen) atoms. The van der Waals surface area contributed by atoms with Crippen LogP contribution >= 0.6 is 7.26 Å². The second-order valence-electron chi connectivity index (χ2n) is 6.82. The van der Waals surface area contributed by atoms with Crippen molar-refractivity contribution in [3.05, 3.63) is 91.0 Å². The Bertz CT molecular complexity index is 852. The third kappa shape index (κ3) is 4.64. The Morgan fingerprint density at radius 2 is 1.24 bits per heavy atom. The number of carbonyl (C=O) groups is 1. The maximum absolute atomic E-state index is 12.6. The maximum Gasteiger partial charge on any atom is 0.242 e. The van der Waals surface area contributed by atoms with E-state index < -0.39 is 7.26 Å². The quantitative estimate of drug-likeness (QED) is 0.319. The second-order valence-corrected chi connectivity index (χ2v) is 10.3. The first-order valence-corrected chi connectivity index (χ1v) is 11.4. The van der Waals surface area contributed by atoms with Crippen LogP contribution < -0.4 is 27.0 Å². The summed E-state index contributed by atoms with van der Waals surface area (Å²) >= 11 is 0. The fourth-order valence-corrected chi connectivity index (χ4v) is 7.23. The molecule has 0 heterocycles. The van der Waals surface area contributed by atoms with Crippen molar-refractivity contribution < 1.29 is 4.79 Å². The molecule has 4 N–H and O–H groups in total. The van der Waals surface area contributed by atoms with Gasteiger partial charge in [-0.1, -0.05) is 54.6 Å². The highest BCUT2D eigenvalue weighted by Crippen LogP contribution is 2.54. The number of rotatable bonds is 7.